The summed E-state index contributed by atoms with van der Waals surface area (Å²) in [5.41, 5.74) is -1.13. The lowest BCUT2D eigenvalue weighted by Gasteiger charge is -2.50. The van der Waals surface area contributed by atoms with Gasteiger partial charge in [0.1, 0.15) is 49.2 Å². The highest BCUT2D eigenvalue weighted by atomic mass is 32.2. The van der Waals surface area contributed by atoms with Crippen LogP contribution in [0.2, 0.25) is 0 Å². The molecule has 3 heterocycles. The van der Waals surface area contributed by atoms with E-state index in [1.54, 1.807) is 30.3 Å². The molecule has 372 valence electrons. The van der Waals surface area contributed by atoms with Crippen LogP contribution < -0.4 is 0 Å². The van der Waals surface area contributed by atoms with E-state index in [4.69, 9.17) is 66.3 Å². The van der Waals surface area contributed by atoms with Crippen molar-refractivity contribution in [3.63, 3.8) is 0 Å². The van der Waals surface area contributed by atoms with Gasteiger partial charge in [-0.3, -0.25) is 43.2 Å². The molecule has 0 spiro atoms. The normalized spacial score (nSPS) is 31.4. The third kappa shape index (κ3) is 15.8. The van der Waals surface area contributed by atoms with Crippen LogP contribution in [0.1, 0.15) is 62.3 Å². The summed E-state index contributed by atoms with van der Waals surface area (Å²) in [4.78, 5) is 114. The molecule has 1 aromatic rings. The van der Waals surface area contributed by atoms with Gasteiger partial charge >= 0.3 is 53.7 Å². The monoisotopic (exact) mass is 974 g/mol. The number of thioether (sulfide) groups is 1. The number of benzene rings is 1. The van der Waals surface area contributed by atoms with E-state index < -0.39 is 165 Å². The van der Waals surface area contributed by atoms with E-state index in [9.17, 15) is 48.3 Å². The highest BCUT2D eigenvalue weighted by molar-refractivity contribution is 7.99. The SMILES string of the molecule is CC(=O)OC[C@H]1O[C@H](O[C@H]2[C@H](OC(C)=O)[C@@H](OC(C)=O)[C@@H](O[C@H]3[C@H](OC(C)=O)[C@@H](OC(C)=O)[C@H](Sc4ccccc4)O[C@@H]3CO)O[C@@H]2COC(C)=O)[C@H](OC(C)=O)[C@@H](OC(C)=O)[C@@H]1OC(C)=O. The van der Waals surface area contributed by atoms with E-state index >= 15 is 0 Å². The Hall–Kier alpha value is -5.44. The first-order valence-corrected chi connectivity index (χ1v) is 21.5. The van der Waals surface area contributed by atoms with E-state index in [-0.39, 0.29) is 0 Å². The molecule has 0 aromatic heterocycles. The minimum atomic E-state index is -1.95. The van der Waals surface area contributed by atoms with Crippen LogP contribution in [0.3, 0.4) is 0 Å². The van der Waals surface area contributed by atoms with E-state index in [2.05, 4.69) is 0 Å². The van der Waals surface area contributed by atoms with Crippen LogP contribution in [0.15, 0.2) is 35.2 Å². The number of carbonyl (C=O) groups is 9. The summed E-state index contributed by atoms with van der Waals surface area (Å²) in [5.74, 6) is -8.30. The predicted molar refractivity (Wildman–Crippen MR) is 217 cm³/mol. The number of hydrogen-bond acceptors (Lipinski definition) is 25. The Morgan fingerprint density at radius 2 is 0.776 bits per heavy atom. The van der Waals surface area contributed by atoms with Gasteiger partial charge in [-0.25, -0.2) is 0 Å². The molecule has 3 fully saturated rings. The lowest BCUT2D eigenvalue weighted by atomic mass is 9.95. The molecule has 0 amide bonds. The quantitative estimate of drug-likeness (QED) is 0.153. The molecule has 4 rings (SSSR count). The van der Waals surface area contributed by atoms with Gasteiger partial charge in [0.15, 0.2) is 55.3 Å². The lowest BCUT2D eigenvalue weighted by molar-refractivity contribution is -0.372. The number of esters is 9. The van der Waals surface area contributed by atoms with E-state index in [0.717, 1.165) is 74.1 Å². The Balaban J connectivity index is 1.87. The summed E-state index contributed by atoms with van der Waals surface area (Å²) in [6.07, 6.45) is -23.9. The van der Waals surface area contributed by atoms with Crippen molar-refractivity contribution in [3.05, 3.63) is 30.3 Å². The predicted octanol–water partition coefficient (Wildman–Crippen LogP) is 0.364. The summed E-state index contributed by atoms with van der Waals surface area (Å²) >= 11 is 1.07. The highest BCUT2D eigenvalue weighted by Crippen LogP contribution is 2.40. The standard InChI is InChI=1S/C42H54O24S/c1-18(44)53-16-29-32(55-20(3)46)34(56-21(4)47)37(59-24(7)50)41(62-29)66-33-30(17-54-19(2)45)63-40(38(60-25(8)51)35(33)57-22(5)48)65-31-28(15-43)64-42(67-27-13-11-10-12-14-27)39(61-26(9)52)36(31)58-23(6)49/h10-14,28-43H,15-17H2,1-9H3/t28-,29-,30-,31-,32-,33-,34+,35+,36+,37-,38-,39-,40-,41-,42+/m1/s1. The average molecular weight is 975 g/mol. The third-order valence-electron chi connectivity index (χ3n) is 9.55. The van der Waals surface area contributed by atoms with Crippen LogP contribution in [-0.4, -0.2) is 170 Å². The van der Waals surface area contributed by atoms with Crippen LogP contribution in [0, 0.1) is 0 Å². The zero-order valence-electron chi connectivity index (χ0n) is 37.9. The molecule has 0 saturated carbocycles. The van der Waals surface area contributed by atoms with E-state index in [1.165, 1.54) is 0 Å². The number of aliphatic hydroxyl groups excluding tert-OH is 1. The second-order valence-corrected chi connectivity index (χ2v) is 16.2. The molecule has 0 aliphatic carbocycles. The lowest BCUT2D eigenvalue weighted by Crippen LogP contribution is -2.68. The van der Waals surface area contributed by atoms with Gasteiger partial charge in [0.25, 0.3) is 0 Å². The van der Waals surface area contributed by atoms with Crippen molar-refractivity contribution in [1.82, 2.24) is 0 Å². The smallest absolute Gasteiger partial charge is 0.303 e. The van der Waals surface area contributed by atoms with Crippen molar-refractivity contribution in [3.8, 4) is 0 Å². The van der Waals surface area contributed by atoms with Gasteiger partial charge in [-0.05, 0) is 12.1 Å². The Kier molecular flexibility index (Phi) is 20.3. The second-order valence-electron chi connectivity index (χ2n) is 15.1. The van der Waals surface area contributed by atoms with Gasteiger partial charge < -0.3 is 71.4 Å². The number of aliphatic hydroxyl groups is 1. The second kappa shape index (κ2) is 25.1. The molecule has 0 radical (unpaired) electrons. The van der Waals surface area contributed by atoms with Gasteiger partial charge in [-0.1, -0.05) is 30.0 Å². The van der Waals surface area contributed by atoms with Crippen molar-refractivity contribution in [2.75, 3.05) is 19.8 Å². The molecule has 15 atom stereocenters. The Labute approximate surface area is 388 Å². The van der Waals surface area contributed by atoms with Crippen molar-refractivity contribution in [2.24, 2.45) is 0 Å². The molecule has 3 saturated heterocycles. The molecule has 0 unspecified atom stereocenters. The fourth-order valence-corrected chi connectivity index (χ4v) is 8.42. The molecule has 24 nitrogen and oxygen atoms in total. The zero-order chi connectivity index (χ0) is 49.7. The maximum atomic E-state index is 13.0. The van der Waals surface area contributed by atoms with Crippen molar-refractivity contribution in [1.29, 1.82) is 0 Å². The first-order valence-electron chi connectivity index (χ1n) is 20.7. The van der Waals surface area contributed by atoms with Gasteiger partial charge in [-0.15, -0.1) is 0 Å². The van der Waals surface area contributed by atoms with E-state index in [1.807, 2.05) is 0 Å². The number of carbonyl (C=O) groups excluding carboxylic acids is 9. The fraction of sp³-hybridized carbons (Fsp3) is 0.643. The summed E-state index contributed by atoms with van der Waals surface area (Å²) in [5, 5.41) is 10.7. The van der Waals surface area contributed by atoms with Crippen molar-refractivity contribution >= 4 is 65.5 Å². The molecule has 0 bridgehead atoms. The maximum absolute atomic E-state index is 13.0. The van der Waals surface area contributed by atoms with Gasteiger partial charge in [0.05, 0.1) is 6.61 Å². The third-order valence-corrected chi connectivity index (χ3v) is 10.7. The zero-order valence-corrected chi connectivity index (χ0v) is 38.7. The Bertz CT molecular complexity index is 1930. The number of hydrogen-bond donors (Lipinski definition) is 1. The summed E-state index contributed by atoms with van der Waals surface area (Å²) < 4.78 is 81.2. The van der Waals surface area contributed by atoms with Crippen LogP contribution >= 0.6 is 11.8 Å². The van der Waals surface area contributed by atoms with Crippen LogP contribution in [0.4, 0.5) is 0 Å². The van der Waals surface area contributed by atoms with Gasteiger partial charge in [-0.2, -0.15) is 0 Å². The summed E-state index contributed by atoms with van der Waals surface area (Å²) in [6.45, 7) is 6.99. The molecular weight excluding hydrogens is 921 g/mol. The Morgan fingerprint density at radius 3 is 1.18 bits per heavy atom. The van der Waals surface area contributed by atoms with Crippen LogP contribution in [0.25, 0.3) is 0 Å². The van der Waals surface area contributed by atoms with Crippen LogP contribution in [-0.2, 0) is 109 Å². The largest absolute Gasteiger partial charge is 0.463 e. The molecule has 3 aliphatic heterocycles. The molecule has 25 heteroatoms. The molecule has 1 N–H and O–H groups in total. The molecule has 1 aromatic carbocycles. The van der Waals surface area contributed by atoms with Crippen LogP contribution in [0.5, 0.6) is 0 Å². The maximum Gasteiger partial charge on any atom is 0.303 e. The first-order chi connectivity index (χ1) is 31.6. The summed E-state index contributed by atoms with van der Waals surface area (Å²) in [6, 6.07) is 8.69. The molecule has 67 heavy (non-hydrogen) atoms. The molecule has 3 aliphatic rings. The number of rotatable bonds is 18. The van der Waals surface area contributed by atoms with Crippen molar-refractivity contribution < 1.29 is 115 Å². The minimum Gasteiger partial charge on any atom is -0.463 e. The summed E-state index contributed by atoms with van der Waals surface area (Å²) in [7, 11) is 0. The highest BCUT2D eigenvalue weighted by Gasteiger charge is 2.60. The first kappa shape index (κ1) is 54.2. The fourth-order valence-electron chi connectivity index (χ4n) is 7.30. The molecular formula is C42H54O24S. The van der Waals surface area contributed by atoms with Gasteiger partial charge in [0.2, 0.25) is 0 Å². The van der Waals surface area contributed by atoms with Crippen molar-refractivity contribution in [2.45, 2.75) is 158 Å². The Morgan fingerprint density at radius 1 is 0.433 bits per heavy atom. The average Bonchev–Trinajstić information content (AvgIpc) is 3.21. The van der Waals surface area contributed by atoms with E-state index in [0.29, 0.717) is 4.90 Å². The minimum absolute atomic E-state index is 0.632. The number of ether oxygens (including phenoxy) is 14. The topological polar surface area (TPSA) is 303 Å². The van der Waals surface area contributed by atoms with Gasteiger partial charge in [0, 0.05) is 67.2 Å².